The molecule has 24 heavy (non-hydrogen) atoms. The highest BCUT2D eigenvalue weighted by Crippen LogP contribution is 2.22. The van der Waals surface area contributed by atoms with Crippen LogP contribution < -0.4 is 10.1 Å². The molecule has 126 valence electrons. The zero-order valence-electron chi connectivity index (χ0n) is 13.7. The third-order valence-electron chi connectivity index (χ3n) is 3.42. The summed E-state index contributed by atoms with van der Waals surface area (Å²) in [4.78, 5) is 23.5. The number of esters is 1. The normalized spacial score (nSPS) is 10.2. The van der Waals surface area contributed by atoms with Crippen molar-refractivity contribution < 1.29 is 19.1 Å². The van der Waals surface area contributed by atoms with Gasteiger partial charge in [0.05, 0.1) is 12.7 Å². The summed E-state index contributed by atoms with van der Waals surface area (Å²) in [6.07, 6.45) is 0. The molecule has 2 aromatic carbocycles. The number of hydrogen-bond acceptors (Lipinski definition) is 4. The zero-order valence-corrected chi connectivity index (χ0v) is 14.4. The number of nitrogens with one attached hydrogen (secondary N) is 1. The van der Waals surface area contributed by atoms with Crippen LogP contribution >= 0.6 is 11.6 Å². The topological polar surface area (TPSA) is 64.6 Å². The van der Waals surface area contributed by atoms with E-state index < -0.39 is 5.97 Å². The van der Waals surface area contributed by atoms with Crippen LogP contribution in [0, 0.1) is 13.8 Å². The monoisotopic (exact) mass is 347 g/mol. The van der Waals surface area contributed by atoms with E-state index >= 15 is 0 Å². The van der Waals surface area contributed by atoms with Gasteiger partial charge in [-0.25, -0.2) is 4.79 Å². The number of carbonyl (C=O) groups excluding carboxylic acids is 2. The Labute approximate surface area is 145 Å². The Morgan fingerprint density at radius 3 is 2.46 bits per heavy atom. The Morgan fingerprint density at radius 1 is 1.08 bits per heavy atom. The molecule has 0 spiro atoms. The molecule has 0 fully saturated rings. The maximum Gasteiger partial charge on any atom is 0.337 e. The SMILES string of the molecule is COC(=O)c1ccc(NC(=O)COc2ccc(Cl)cc2C)c(C)c1. The third-order valence-corrected chi connectivity index (χ3v) is 3.65. The number of ether oxygens (including phenoxy) is 2. The van der Waals surface area contributed by atoms with Crippen LogP contribution in [0.5, 0.6) is 5.75 Å². The Kier molecular flexibility index (Phi) is 5.82. The van der Waals surface area contributed by atoms with E-state index in [1.165, 1.54) is 7.11 Å². The lowest BCUT2D eigenvalue weighted by Crippen LogP contribution is -2.21. The van der Waals surface area contributed by atoms with E-state index in [2.05, 4.69) is 10.1 Å². The quantitative estimate of drug-likeness (QED) is 0.836. The second-order valence-electron chi connectivity index (χ2n) is 5.27. The number of benzene rings is 2. The Hall–Kier alpha value is -2.53. The lowest BCUT2D eigenvalue weighted by molar-refractivity contribution is -0.118. The number of anilines is 1. The number of methoxy groups -OCH3 is 1. The van der Waals surface area contributed by atoms with Crippen molar-refractivity contribution in [3.05, 3.63) is 58.1 Å². The molecule has 0 bridgehead atoms. The van der Waals surface area contributed by atoms with E-state index in [1.54, 1.807) is 43.3 Å². The van der Waals surface area contributed by atoms with Crippen LogP contribution in [0.2, 0.25) is 5.02 Å². The molecular weight excluding hydrogens is 330 g/mol. The van der Waals surface area contributed by atoms with E-state index in [0.717, 1.165) is 11.1 Å². The lowest BCUT2D eigenvalue weighted by Gasteiger charge is -2.12. The highest BCUT2D eigenvalue weighted by Gasteiger charge is 2.10. The number of amides is 1. The predicted octanol–water partition coefficient (Wildman–Crippen LogP) is 3.76. The molecule has 0 radical (unpaired) electrons. The van der Waals surface area contributed by atoms with Crippen molar-refractivity contribution in [1.29, 1.82) is 0 Å². The van der Waals surface area contributed by atoms with Crippen molar-refractivity contribution in [2.45, 2.75) is 13.8 Å². The fraction of sp³-hybridized carbons (Fsp3) is 0.222. The van der Waals surface area contributed by atoms with Crippen LogP contribution in [0.25, 0.3) is 0 Å². The fourth-order valence-corrected chi connectivity index (χ4v) is 2.38. The number of rotatable bonds is 5. The van der Waals surface area contributed by atoms with Gasteiger partial charge in [0.15, 0.2) is 6.61 Å². The van der Waals surface area contributed by atoms with Gasteiger partial charge in [0.25, 0.3) is 5.91 Å². The zero-order chi connectivity index (χ0) is 17.7. The largest absolute Gasteiger partial charge is 0.483 e. The van der Waals surface area contributed by atoms with Gasteiger partial charge in [0.1, 0.15) is 5.75 Å². The molecule has 1 N–H and O–H groups in total. The number of halogens is 1. The van der Waals surface area contributed by atoms with Crippen molar-refractivity contribution in [1.82, 2.24) is 0 Å². The van der Waals surface area contributed by atoms with Gasteiger partial charge in [-0.15, -0.1) is 0 Å². The number of hydrogen-bond donors (Lipinski definition) is 1. The van der Waals surface area contributed by atoms with Gasteiger partial charge < -0.3 is 14.8 Å². The van der Waals surface area contributed by atoms with Crippen LogP contribution in [0.4, 0.5) is 5.69 Å². The average molecular weight is 348 g/mol. The van der Waals surface area contributed by atoms with Gasteiger partial charge in [0.2, 0.25) is 0 Å². The van der Waals surface area contributed by atoms with Gasteiger partial charge >= 0.3 is 5.97 Å². The van der Waals surface area contributed by atoms with Crippen molar-refractivity contribution in [2.75, 3.05) is 19.0 Å². The fourth-order valence-electron chi connectivity index (χ4n) is 2.15. The molecule has 0 aliphatic carbocycles. The summed E-state index contributed by atoms with van der Waals surface area (Å²) in [6, 6.07) is 10.1. The first-order chi connectivity index (χ1) is 11.4. The van der Waals surface area contributed by atoms with E-state index in [1.807, 2.05) is 6.92 Å². The Bertz CT molecular complexity index is 774. The van der Waals surface area contributed by atoms with E-state index in [4.69, 9.17) is 16.3 Å². The average Bonchev–Trinajstić information content (AvgIpc) is 2.55. The molecule has 0 aliphatic heterocycles. The minimum atomic E-state index is -0.419. The summed E-state index contributed by atoms with van der Waals surface area (Å²) < 4.78 is 10.2. The van der Waals surface area contributed by atoms with Gasteiger partial charge in [-0.1, -0.05) is 11.6 Å². The second-order valence-corrected chi connectivity index (χ2v) is 5.70. The Balaban J connectivity index is 1.98. The maximum atomic E-state index is 12.0. The number of carbonyl (C=O) groups is 2. The standard InChI is InChI=1S/C18H18ClNO4/c1-11-8-13(18(22)23-3)4-6-15(11)20-17(21)10-24-16-7-5-14(19)9-12(16)2/h4-9H,10H2,1-3H3,(H,20,21). The maximum absolute atomic E-state index is 12.0. The van der Waals surface area contributed by atoms with Gasteiger partial charge in [-0.05, 0) is 61.4 Å². The molecule has 0 unspecified atom stereocenters. The minimum absolute atomic E-state index is 0.124. The van der Waals surface area contributed by atoms with Crippen molar-refractivity contribution in [3.8, 4) is 5.75 Å². The summed E-state index contributed by atoms with van der Waals surface area (Å²) in [5.74, 6) is -0.108. The van der Waals surface area contributed by atoms with E-state index in [9.17, 15) is 9.59 Å². The third kappa shape index (κ3) is 4.49. The van der Waals surface area contributed by atoms with Crippen LogP contribution in [0.1, 0.15) is 21.5 Å². The van der Waals surface area contributed by atoms with Crippen molar-refractivity contribution >= 4 is 29.2 Å². The summed E-state index contributed by atoms with van der Waals surface area (Å²) >= 11 is 5.88. The first kappa shape index (κ1) is 17.8. The molecule has 1 amide bonds. The molecule has 0 saturated carbocycles. The molecule has 2 aromatic rings. The molecule has 0 saturated heterocycles. The summed E-state index contributed by atoms with van der Waals surface area (Å²) in [7, 11) is 1.32. The molecule has 5 nitrogen and oxygen atoms in total. The van der Waals surface area contributed by atoms with Gasteiger partial charge in [0, 0.05) is 10.7 Å². The molecule has 0 aliphatic rings. The lowest BCUT2D eigenvalue weighted by atomic mass is 10.1. The highest BCUT2D eigenvalue weighted by molar-refractivity contribution is 6.30. The molecule has 2 rings (SSSR count). The smallest absolute Gasteiger partial charge is 0.337 e. The number of aryl methyl sites for hydroxylation is 2. The summed E-state index contributed by atoms with van der Waals surface area (Å²) in [6.45, 7) is 3.53. The first-order valence-electron chi connectivity index (χ1n) is 7.28. The van der Waals surface area contributed by atoms with E-state index in [0.29, 0.717) is 22.0 Å². The van der Waals surface area contributed by atoms with Crippen LogP contribution in [0.15, 0.2) is 36.4 Å². The van der Waals surface area contributed by atoms with Crippen molar-refractivity contribution in [3.63, 3.8) is 0 Å². The van der Waals surface area contributed by atoms with Gasteiger partial charge in [-0.2, -0.15) is 0 Å². The molecule has 0 atom stereocenters. The minimum Gasteiger partial charge on any atom is -0.483 e. The highest BCUT2D eigenvalue weighted by atomic mass is 35.5. The van der Waals surface area contributed by atoms with Crippen LogP contribution in [-0.4, -0.2) is 25.6 Å². The predicted molar refractivity (Wildman–Crippen MR) is 92.8 cm³/mol. The van der Waals surface area contributed by atoms with Crippen LogP contribution in [-0.2, 0) is 9.53 Å². The molecule has 0 aromatic heterocycles. The summed E-state index contributed by atoms with van der Waals surface area (Å²) in [5, 5.41) is 3.37. The summed E-state index contributed by atoms with van der Waals surface area (Å²) in [5.41, 5.74) is 2.66. The Morgan fingerprint density at radius 2 is 1.83 bits per heavy atom. The first-order valence-corrected chi connectivity index (χ1v) is 7.66. The van der Waals surface area contributed by atoms with Crippen molar-refractivity contribution in [2.24, 2.45) is 0 Å². The molecule has 6 heteroatoms. The second kappa shape index (κ2) is 7.84. The van der Waals surface area contributed by atoms with Gasteiger partial charge in [-0.3, -0.25) is 4.79 Å². The van der Waals surface area contributed by atoms with E-state index in [-0.39, 0.29) is 12.5 Å². The molecular formula is C18H18ClNO4. The van der Waals surface area contributed by atoms with Crippen LogP contribution in [0.3, 0.4) is 0 Å². The molecule has 0 heterocycles.